The fourth-order valence-corrected chi connectivity index (χ4v) is 1.70. The zero-order valence-electron chi connectivity index (χ0n) is 11.0. The molecule has 0 aliphatic carbocycles. The third-order valence-electron chi connectivity index (χ3n) is 3.04. The van der Waals surface area contributed by atoms with E-state index in [0.29, 0.717) is 0 Å². The summed E-state index contributed by atoms with van der Waals surface area (Å²) < 4.78 is 23.6. The predicted molar refractivity (Wildman–Crippen MR) is 65.7 cm³/mol. The number of carbonyl (C=O) groups is 1. The van der Waals surface area contributed by atoms with Crippen molar-refractivity contribution >= 4 is 5.97 Å². The minimum absolute atomic E-state index is 0.101. The lowest BCUT2D eigenvalue weighted by Crippen LogP contribution is -2.37. The SMILES string of the molecule is COC(=O)C(C)(C)[C@H](N)c1cccc(OC)c1F. The van der Waals surface area contributed by atoms with E-state index < -0.39 is 23.2 Å². The van der Waals surface area contributed by atoms with Gasteiger partial charge in [0.2, 0.25) is 0 Å². The average molecular weight is 255 g/mol. The van der Waals surface area contributed by atoms with E-state index in [-0.39, 0.29) is 11.3 Å². The van der Waals surface area contributed by atoms with Crippen molar-refractivity contribution in [2.45, 2.75) is 19.9 Å². The first-order valence-electron chi connectivity index (χ1n) is 5.52. The summed E-state index contributed by atoms with van der Waals surface area (Å²) in [5, 5.41) is 0. The van der Waals surface area contributed by atoms with Crippen LogP contribution in [0.25, 0.3) is 0 Å². The van der Waals surface area contributed by atoms with Crippen LogP contribution in [0.1, 0.15) is 25.5 Å². The number of esters is 1. The van der Waals surface area contributed by atoms with Gasteiger partial charge in [-0.3, -0.25) is 4.79 Å². The number of rotatable bonds is 4. The van der Waals surface area contributed by atoms with Crippen molar-refractivity contribution in [1.82, 2.24) is 0 Å². The van der Waals surface area contributed by atoms with E-state index in [1.807, 2.05) is 0 Å². The largest absolute Gasteiger partial charge is 0.494 e. The van der Waals surface area contributed by atoms with Crippen molar-refractivity contribution < 1.29 is 18.7 Å². The molecule has 0 aromatic heterocycles. The molecule has 0 radical (unpaired) electrons. The number of carbonyl (C=O) groups excluding carboxylic acids is 1. The summed E-state index contributed by atoms with van der Waals surface area (Å²) in [6, 6.07) is 3.84. The third kappa shape index (κ3) is 2.46. The fraction of sp³-hybridized carbons (Fsp3) is 0.462. The highest BCUT2D eigenvalue weighted by Crippen LogP contribution is 2.35. The Kier molecular flexibility index (Phi) is 4.29. The van der Waals surface area contributed by atoms with E-state index in [1.165, 1.54) is 26.4 Å². The molecule has 1 atom stereocenters. The van der Waals surface area contributed by atoms with Crippen LogP contribution < -0.4 is 10.5 Å². The first-order valence-corrected chi connectivity index (χ1v) is 5.52. The molecule has 1 aromatic carbocycles. The van der Waals surface area contributed by atoms with Crippen molar-refractivity contribution in [3.63, 3.8) is 0 Å². The van der Waals surface area contributed by atoms with Crippen LogP contribution >= 0.6 is 0 Å². The minimum Gasteiger partial charge on any atom is -0.494 e. The van der Waals surface area contributed by atoms with E-state index >= 15 is 0 Å². The average Bonchev–Trinajstić information content (AvgIpc) is 2.37. The Bertz CT molecular complexity index is 446. The summed E-state index contributed by atoms with van der Waals surface area (Å²) in [5.41, 5.74) is 5.18. The number of ether oxygens (including phenoxy) is 2. The van der Waals surface area contributed by atoms with Gasteiger partial charge in [-0.15, -0.1) is 0 Å². The summed E-state index contributed by atoms with van der Waals surface area (Å²) in [6.07, 6.45) is 0. The van der Waals surface area contributed by atoms with Crippen molar-refractivity contribution in [2.75, 3.05) is 14.2 Å². The maximum atomic E-state index is 14.1. The molecule has 1 rings (SSSR count). The summed E-state index contributed by atoms with van der Waals surface area (Å²) in [6.45, 7) is 3.23. The monoisotopic (exact) mass is 255 g/mol. The Morgan fingerprint density at radius 2 is 2.00 bits per heavy atom. The Hall–Kier alpha value is -1.62. The Labute approximate surface area is 106 Å². The summed E-state index contributed by atoms with van der Waals surface area (Å²) >= 11 is 0. The van der Waals surface area contributed by atoms with Gasteiger partial charge in [-0.1, -0.05) is 12.1 Å². The number of halogens is 1. The standard InChI is InChI=1S/C13H18FNO3/c1-13(2,12(16)18-4)11(15)8-6-5-7-9(17-3)10(8)14/h5-7,11H,15H2,1-4H3/t11-/m1/s1. The van der Waals surface area contributed by atoms with E-state index in [2.05, 4.69) is 4.74 Å². The highest BCUT2D eigenvalue weighted by Gasteiger charge is 2.38. The van der Waals surface area contributed by atoms with Gasteiger partial charge in [0.1, 0.15) is 0 Å². The number of hydrogen-bond donors (Lipinski definition) is 1. The number of nitrogens with two attached hydrogens (primary N) is 1. The lowest BCUT2D eigenvalue weighted by atomic mass is 9.81. The fourth-order valence-electron chi connectivity index (χ4n) is 1.70. The van der Waals surface area contributed by atoms with E-state index in [1.54, 1.807) is 19.9 Å². The second-order valence-electron chi connectivity index (χ2n) is 4.55. The van der Waals surface area contributed by atoms with Crippen LogP contribution in [0.5, 0.6) is 5.75 Å². The van der Waals surface area contributed by atoms with Crippen LogP contribution in [0, 0.1) is 11.2 Å². The van der Waals surface area contributed by atoms with Crippen LogP contribution in [0.4, 0.5) is 4.39 Å². The highest BCUT2D eigenvalue weighted by molar-refractivity contribution is 5.77. The summed E-state index contributed by atoms with van der Waals surface area (Å²) in [5.74, 6) is -0.940. The molecule has 2 N–H and O–H groups in total. The second kappa shape index (κ2) is 5.35. The quantitative estimate of drug-likeness (QED) is 0.836. The molecule has 0 saturated heterocycles. The molecule has 0 unspecified atom stereocenters. The normalized spacial score (nSPS) is 13.0. The molecule has 4 nitrogen and oxygen atoms in total. The maximum absolute atomic E-state index is 14.1. The zero-order chi connectivity index (χ0) is 13.9. The van der Waals surface area contributed by atoms with Crippen molar-refractivity contribution in [1.29, 1.82) is 0 Å². The van der Waals surface area contributed by atoms with E-state index in [4.69, 9.17) is 10.5 Å². The van der Waals surface area contributed by atoms with E-state index in [0.717, 1.165) is 0 Å². The lowest BCUT2D eigenvalue weighted by molar-refractivity contribution is -0.152. The molecule has 0 spiro atoms. The van der Waals surface area contributed by atoms with Crippen LogP contribution in [0.2, 0.25) is 0 Å². The van der Waals surface area contributed by atoms with Gasteiger partial charge >= 0.3 is 5.97 Å². The van der Waals surface area contributed by atoms with Gasteiger partial charge in [-0.05, 0) is 19.9 Å². The van der Waals surface area contributed by atoms with Gasteiger partial charge in [0.05, 0.1) is 19.6 Å². The van der Waals surface area contributed by atoms with Crippen molar-refractivity contribution in [3.05, 3.63) is 29.6 Å². The molecule has 0 fully saturated rings. The van der Waals surface area contributed by atoms with Crippen LogP contribution in [-0.2, 0) is 9.53 Å². The van der Waals surface area contributed by atoms with Gasteiger partial charge in [-0.25, -0.2) is 4.39 Å². The van der Waals surface area contributed by atoms with Gasteiger partial charge in [-0.2, -0.15) is 0 Å². The molecule has 0 amide bonds. The van der Waals surface area contributed by atoms with Crippen molar-refractivity contribution in [2.24, 2.45) is 11.1 Å². The summed E-state index contributed by atoms with van der Waals surface area (Å²) in [7, 11) is 2.65. The minimum atomic E-state index is -1.03. The second-order valence-corrected chi connectivity index (χ2v) is 4.55. The molecule has 5 heteroatoms. The summed E-state index contributed by atoms with van der Waals surface area (Å²) in [4.78, 5) is 11.7. The molecule has 0 bridgehead atoms. The molecule has 1 aromatic rings. The topological polar surface area (TPSA) is 61.5 Å². The Morgan fingerprint density at radius 1 is 1.39 bits per heavy atom. The predicted octanol–water partition coefficient (Wildman–Crippen LogP) is 2.03. The Balaban J connectivity index is 3.18. The van der Waals surface area contributed by atoms with Gasteiger partial charge in [0.15, 0.2) is 11.6 Å². The number of benzene rings is 1. The smallest absolute Gasteiger partial charge is 0.313 e. The maximum Gasteiger partial charge on any atom is 0.313 e. The number of methoxy groups -OCH3 is 2. The number of hydrogen-bond acceptors (Lipinski definition) is 4. The van der Waals surface area contributed by atoms with Crippen LogP contribution in [0.3, 0.4) is 0 Å². The first-order chi connectivity index (χ1) is 8.36. The van der Waals surface area contributed by atoms with Crippen molar-refractivity contribution in [3.8, 4) is 5.75 Å². The molecule has 18 heavy (non-hydrogen) atoms. The molecule has 0 aliphatic heterocycles. The molecular formula is C13H18FNO3. The molecular weight excluding hydrogens is 237 g/mol. The first kappa shape index (κ1) is 14.4. The highest BCUT2D eigenvalue weighted by atomic mass is 19.1. The van der Waals surface area contributed by atoms with Crippen LogP contribution in [-0.4, -0.2) is 20.2 Å². The molecule has 0 saturated carbocycles. The Morgan fingerprint density at radius 3 is 2.50 bits per heavy atom. The van der Waals surface area contributed by atoms with Crippen LogP contribution in [0.15, 0.2) is 18.2 Å². The third-order valence-corrected chi connectivity index (χ3v) is 3.04. The molecule has 0 heterocycles. The van der Waals surface area contributed by atoms with Gasteiger partial charge in [0, 0.05) is 11.6 Å². The van der Waals surface area contributed by atoms with Gasteiger partial charge < -0.3 is 15.2 Å². The zero-order valence-corrected chi connectivity index (χ0v) is 11.0. The molecule has 100 valence electrons. The lowest BCUT2D eigenvalue weighted by Gasteiger charge is -2.29. The van der Waals surface area contributed by atoms with E-state index in [9.17, 15) is 9.18 Å². The van der Waals surface area contributed by atoms with Gasteiger partial charge in [0.25, 0.3) is 0 Å². The molecule has 0 aliphatic rings.